The van der Waals surface area contributed by atoms with Crippen LogP contribution in [-0.2, 0) is 0 Å². The van der Waals surface area contributed by atoms with Crippen molar-refractivity contribution < 1.29 is 18.2 Å². The number of pyridine rings is 2. The largest absolute Gasteiger partial charge is 0.618 e. The molecular weight excluding hydrogens is 483 g/mol. The Labute approximate surface area is 204 Å². The summed E-state index contributed by atoms with van der Waals surface area (Å²) in [5.41, 5.74) is 1.24. The third-order valence-corrected chi connectivity index (χ3v) is 6.48. The van der Waals surface area contributed by atoms with E-state index in [4.69, 9.17) is 27.9 Å². The van der Waals surface area contributed by atoms with E-state index in [0.717, 1.165) is 32.0 Å². The number of hydrogen-bond acceptors (Lipinski definition) is 4. The Balaban J connectivity index is 1.80. The van der Waals surface area contributed by atoms with Gasteiger partial charge >= 0.3 is 0 Å². The van der Waals surface area contributed by atoms with E-state index in [1.165, 1.54) is 24.4 Å². The van der Waals surface area contributed by atoms with Gasteiger partial charge in [0.15, 0.2) is 6.20 Å². The molecule has 4 aromatic rings. The minimum Gasteiger partial charge on any atom is -0.618 e. The van der Waals surface area contributed by atoms with Crippen molar-refractivity contribution in [3.05, 3.63) is 81.6 Å². The molecule has 2 aromatic carbocycles. The number of ether oxygens (including phenoxy) is 1. The van der Waals surface area contributed by atoms with E-state index in [-0.39, 0.29) is 38.8 Å². The number of fused-ring (bicyclic) bond motifs is 1. The molecule has 5 nitrogen and oxygen atoms in total. The summed E-state index contributed by atoms with van der Waals surface area (Å²) in [4.78, 5) is 4.64. The highest BCUT2D eigenvalue weighted by Crippen LogP contribution is 2.40. The Morgan fingerprint density at radius 2 is 1.74 bits per heavy atom. The summed E-state index contributed by atoms with van der Waals surface area (Å²) in [6.07, 6.45) is 2.75. The van der Waals surface area contributed by atoms with Crippen molar-refractivity contribution >= 4 is 34.1 Å². The summed E-state index contributed by atoms with van der Waals surface area (Å²) < 4.78 is 35.3. The maximum absolute atomic E-state index is 14.9. The van der Waals surface area contributed by atoms with Gasteiger partial charge in [-0.3, -0.25) is 0 Å². The van der Waals surface area contributed by atoms with Crippen molar-refractivity contribution in [1.82, 2.24) is 10.3 Å². The van der Waals surface area contributed by atoms with Crippen LogP contribution in [0.4, 0.5) is 8.78 Å². The molecule has 0 unspecified atom stereocenters. The molecule has 0 saturated carbocycles. The Morgan fingerprint density at radius 1 is 1.00 bits per heavy atom. The van der Waals surface area contributed by atoms with Gasteiger partial charge in [0, 0.05) is 29.1 Å². The van der Waals surface area contributed by atoms with E-state index in [1.807, 2.05) is 0 Å². The smallest absolute Gasteiger partial charge is 0.253 e. The van der Waals surface area contributed by atoms with Gasteiger partial charge in [-0.2, -0.15) is 4.73 Å². The molecule has 5 rings (SSSR count). The maximum Gasteiger partial charge on any atom is 0.253 e. The lowest BCUT2D eigenvalue weighted by Gasteiger charge is -2.24. The molecule has 0 aliphatic carbocycles. The van der Waals surface area contributed by atoms with E-state index in [2.05, 4.69) is 10.3 Å². The lowest BCUT2D eigenvalue weighted by Crippen LogP contribution is -2.34. The summed E-state index contributed by atoms with van der Waals surface area (Å²) in [5.74, 6) is -1.20. The second-order valence-corrected chi connectivity index (χ2v) is 8.86. The van der Waals surface area contributed by atoms with Gasteiger partial charge in [-0.25, -0.2) is 13.8 Å². The van der Waals surface area contributed by atoms with Gasteiger partial charge in [-0.1, -0.05) is 29.3 Å². The Hall–Kier alpha value is -3.00. The third-order valence-electron chi connectivity index (χ3n) is 5.85. The molecule has 2 aromatic heterocycles. The number of nitrogens with zero attached hydrogens (tertiary/aromatic N) is 2. The Bertz CT molecular complexity index is 1370. The molecule has 1 aliphatic heterocycles. The second-order valence-electron chi connectivity index (χ2n) is 8.05. The predicted octanol–water partition coefficient (Wildman–Crippen LogP) is 5.92. The molecule has 0 atom stereocenters. The van der Waals surface area contributed by atoms with Crippen LogP contribution in [-0.4, -0.2) is 24.2 Å². The van der Waals surface area contributed by atoms with Gasteiger partial charge in [0.05, 0.1) is 15.6 Å². The van der Waals surface area contributed by atoms with Crippen LogP contribution < -0.4 is 14.8 Å². The van der Waals surface area contributed by atoms with Gasteiger partial charge in [-0.15, -0.1) is 0 Å². The SMILES string of the molecule is [O-][n+]1ccc2c(-c3ccc(F)cc3F)cc(OC3CCNCC3)nc2c1-c1c(Cl)cccc1Cl. The lowest BCUT2D eigenvalue weighted by molar-refractivity contribution is -0.592. The van der Waals surface area contributed by atoms with Crippen LogP contribution in [0.3, 0.4) is 0 Å². The summed E-state index contributed by atoms with van der Waals surface area (Å²) in [5, 5.41) is 17.3. The van der Waals surface area contributed by atoms with Crippen LogP contribution in [0.5, 0.6) is 5.88 Å². The van der Waals surface area contributed by atoms with Crippen molar-refractivity contribution in [3.8, 4) is 28.3 Å². The standard InChI is InChI=1S/C25H19Cl2F2N3O2/c26-19-2-1-3-20(27)23(19)25-24-17(8-11-32(25)33)18(16-5-4-14(28)12-21(16)29)13-22(31-24)34-15-6-9-30-10-7-15/h1-5,8,11-13,15,30H,6-7,9-10H2. The van der Waals surface area contributed by atoms with Crippen molar-refractivity contribution in [2.75, 3.05) is 13.1 Å². The van der Waals surface area contributed by atoms with Gasteiger partial charge in [0.2, 0.25) is 5.88 Å². The fourth-order valence-corrected chi connectivity index (χ4v) is 4.81. The van der Waals surface area contributed by atoms with Crippen LogP contribution in [0.15, 0.2) is 54.7 Å². The number of piperidine rings is 1. The van der Waals surface area contributed by atoms with Gasteiger partial charge in [-0.05, 0) is 55.8 Å². The Kier molecular flexibility index (Phi) is 6.25. The van der Waals surface area contributed by atoms with E-state index in [9.17, 15) is 14.0 Å². The highest BCUT2D eigenvalue weighted by molar-refractivity contribution is 6.39. The van der Waals surface area contributed by atoms with Crippen LogP contribution in [0.2, 0.25) is 10.0 Å². The molecule has 0 radical (unpaired) electrons. The molecule has 1 aliphatic rings. The fourth-order valence-electron chi connectivity index (χ4n) is 4.23. The van der Waals surface area contributed by atoms with Crippen LogP contribution in [0, 0.1) is 16.8 Å². The molecule has 1 N–H and O–H groups in total. The van der Waals surface area contributed by atoms with E-state index in [0.29, 0.717) is 21.2 Å². The monoisotopic (exact) mass is 501 g/mol. The first-order chi connectivity index (χ1) is 16.4. The van der Waals surface area contributed by atoms with Gasteiger partial charge in [0.1, 0.15) is 23.3 Å². The number of benzene rings is 2. The molecule has 0 spiro atoms. The zero-order valence-corrected chi connectivity index (χ0v) is 19.3. The third kappa shape index (κ3) is 4.27. The summed E-state index contributed by atoms with van der Waals surface area (Å²) in [6.45, 7) is 1.61. The average molecular weight is 502 g/mol. The molecule has 1 saturated heterocycles. The molecule has 0 amide bonds. The quantitative estimate of drug-likeness (QED) is 0.278. The number of rotatable bonds is 4. The van der Waals surface area contributed by atoms with Crippen LogP contribution >= 0.6 is 23.2 Å². The minimum atomic E-state index is -0.739. The maximum atomic E-state index is 14.9. The first-order valence-electron chi connectivity index (χ1n) is 10.8. The molecular formula is C25H19Cl2F2N3O2. The number of halogens is 4. The molecule has 34 heavy (non-hydrogen) atoms. The first kappa shape index (κ1) is 22.8. The molecule has 1 fully saturated rings. The zero-order chi connectivity index (χ0) is 23.8. The summed E-state index contributed by atoms with van der Waals surface area (Å²) >= 11 is 12.9. The summed E-state index contributed by atoms with van der Waals surface area (Å²) in [6, 6.07) is 11.4. The molecule has 0 bridgehead atoms. The van der Waals surface area contributed by atoms with Crippen molar-refractivity contribution in [2.45, 2.75) is 18.9 Å². The highest BCUT2D eigenvalue weighted by atomic mass is 35.5. The first-order valence-corrected chi connectivity index (χ1v) is 11.5. The Morgan fingerprint density at radius 3 is 2.44 bits per heavy atom. The topological polar surface area (TPSA) is 61.1 Å². The van der Waals surface area contributed by atoms with Crippen molar-refractivity contribution in [2.24, 2.45) is 0 Å². The fraction of sp³-hybridized carbons (Fsp3) is 0.200. The average Bonchev–Trinajstić information content (AvgIpc) is 2.80. The molecule has 9 heteroatoms. The second kappa shape index (κ2) is 9.33. The van der Waals surface area contributed by atoms with E-state index in [1.54, 1.807) is 24.3 Å². The van der Waals surface area contributed by atoms with Crippen LogP contribution in [0.1, 0.15) is 12.8 Å². The lowest BCUT2D eigenvalue weighted by atomic mass is 9.99. The molecule has 3 heterocycles. The number of aromatic nitrogens is 2. The van der Waals surface area contributed by atoms with E-state index < -0.39 is 11.6 Å². The van der Waals surface area contributed by atoms with Crippen molar-refractivity contribution in [1.29, 1.82) is 0 Å². The predicted molar refractivity (Wildman–Crippen MR) is 128 cm³/mol. The number of nitrogens with one attached hydrogen (secondary N) is 1. The minimum absolute atomic E-state index is 0.0902. The van der Waals surface area contributed by atoms with E-state index >= 15 is 0 Å². The highest BCUT2D eigenvalue weighted by Gasteiger charge is 2.26. The number of hydrogen-bond donors (Lipinski definition) is 1. The van der Waals surface area contributed by atoms with Gasteiger partial charge in [0.25, 0.3) is 5.69 Å². The van der Waals surface area contributed by atoms with Crippen LogP contribution in [0.25, 0.3) is 33.3 Å². The summed E-state index contributed by atoms with van der Waals surface area (Å²) in [7, 11) is 0. The van der Waals surface area contributed by atoms with Crippen molar-refractivity contribution in [3.63, 3.8) is 0 Å². The molecule has 174 valence electrons. The normalized spacial score (nSPS) is 14.5. The zero-order valence-electron chi connectivity index (χ0n) is 17.8. The van der Waals surface area contributed by atoms with Gasteiger partial charge < -0.3 is 15.3 Å².